The van der Waals surface area contributed by atoms with Crippen LogP contribution in [0.25, 0.3) is 10.9 Å². The van der Waals surface area contributed by atoms with Crippen LogP contribution < -0.4 is 4.74 Å². The molecule has 0 saturated carbocycles. The van der Waals surface area contributed by atoms with E-state index in [2.05, 4.69) is 36.8 Å². The molecule has 3 nitrogen and oxygen atoms in total. The predicted molar refractivity (Wildman–Crippen MR) is 79.4 cm³/mol. The first-order valence-electron chi connectivity index (χ1n) is 5.08. The van der Waals surface area contributed by atoms with Gasteiger partial charge in [-0.3, -0.25) is 0 Å². The summed E-state index contributed by atoms with van der Waals surface area (Å²) in [7, 11) is 3.23. The summed E-state index contributed by atoms with van der Waals surface area (Å²) in [4.78, 5) is 4.52. The van der Waals surface area contributed by atoms with Crippen molar-refractivity contribution in [2.45, 2.75) is 6.61 Å². The Morgan fingerprint density at radius 2 is 1.94 bits per heavy atom. The normalized spacial score (nSPS) is 10.9. The van der Waals surface area contributed by atoms with Crippen LogP contribution >= 0.6 is 43.5 Å². The van der Waals surface area contributed by atoms with Crippen LogP contribution in [0, 0.1) is 0 Å². The number of nitrogens with zero attached hydrogens (tertiary/aromatic N) is 1. The van der Waals surface area contributed by atoms with Crippen LogP contribution in [0.1, 0.15) is 5.69 Å². The molecule has 6 heteroatoms. The van der Waals surface area contributed by atoms with Crippen molar-refractivity contribution in [3.63, 3.8) is 0 Å². The maximum atomic E-state index is 6.31. The minimum absolute atomic E-state index is 0.417. The lowest BCUT2D eigenvalue weighted by molar-refractivity contribution is 0.182. The Labute approximate surface area is 127 Å². The zero-order valence-corrected chi connectivity index (χ0v) is 13.7. The second-order valence-electron chi connectivity index (χ2n) is 3.63. The summed E-state index contributed by atoms with van der Waals surface area (Å²) >= 11 is 13.2. The van der Waals surface area contributed by atoms with Crippen molar-refractivity contribution in [1.82, 2.24) is 4.98 Å². The number of halogens is 3. The third kappa shape index (κ3) is 2.50. The molecule has 0 N–H and O–H groups in total. The van der Waals surface area contributed by atoms with Crippen molar-refractivity contribution >= 4 is 54.4 Å². The highest BCUT2D eigenvalue weighted by Gasteiger charge is 2.15. The third-order valence-corrected chi connectivity index (χ3v) is 3.94. The van der Waals surface area contributed by atoms with E-state index in [1.807, 2.05) is 6.07 Å². The molecule has 0 aliphatic carbocycles. The van der Waals surface area contributed by atoms with Gasteiger partial charge in [0, 0.05) is 11.6 Å². The lowest BCUT2D eigenvalue weighted by atomic mass is 10.2. The van der Waals surface area contributed by atoms with Gasteiger partial charge in [0.05, 0.1) is 39.8 Å². The Hall–Kier alpha value is -0.360. The van der Waals surface area contributed by atoms with Gasteiger partial charge in [-0.2, -0.15) is 0 Å². The molecule has 0 saturated heterocycles. The number of fused-ring (bicyclic) bond motifs is 1. The minimum Gasteiger partial charge on any atom is -0.495 e. The molecule has 96 valence electrons. The zero-order valence-electron chi connectivity index (χ0n) is 9.76. The summed E-state index contributed by atoms with van der Waals surface area (Å²) in [5.41, 5.74) is 1.54. The summed E-state index contributed by atoms with van der Waals surface area (Å²) in [6.07, 6.45) is 0. The number of benzene rings is 1. The van der Waals surface area contributed by atoms with Crippen LogP contribution in [0.4, 0.5) is 0 Å². The fourth-order valence-electron chi connectivity index (χ4n) is 1.74. The van der Waals surface area contributed by atoms with Gasteiger partial charge in [-0.25, -0.2) is 4.98 Å². The van der Waals surface area contributed by atoms with Crippen molar-refractivity contribution in [3.05, 3.63) is 31.8 Å². The largest absolute Gasteiger partial charge is 0.495 e. The molecule has 2 rings (SSSR count). The molecule has 0 radical (unpaired) electrons. The fourth-order valence-corrected chi connectivity index (χ4v) is 3.45. The van der Waals surface area contributed by atoms with E-state index in [9.17, 15) is 0 Å². The van der Waals surface area contributed by atoms with E-state index < -0.39 is 0 Å². The lowest BCUT2D eigenvalue weighted by Crippen LogP contribution is -1.96. The molecule has 18 heavy (non-hydrogen) atoms. The molecule has 0 fully saturated rings. The second-order valence-corrected chi connectivity index (χ2v) is 5.74. The highest BCUT2D eigenvalue weighted by atomic mass is 79.9. The van der Waals surface area contributed by atoms with Gasteiger partial charge in [0.15, 0.2) is 0 Å². The van der Waals surface area contributed by atoms with Crippen LogP contribution in [0.3, 0.4) is 0 Å². The average Bonchev–Trinajstić information content (AvgIpc) is 2.31. The molecule has 0 atom stereocenters. The molecule has 0 spiro atoms. The second kappa shape index (κ2) is 5.74. The number of hydrogen-bond donors (Lipinski definition) is 0. The summed E-state index contributed by atoms with van der Waals surface area (Å²) in [5, 5.41) is 1.37. The van der Waals surface area contributed by atoms with Gasteiger partial charge in [-0.15, -0.1) is 0 Å². The maximum absolute atomic E-state index is 6.31. The van der Waals surface area contributed by atoms with E-state index in [1.165, 1.54) is 0 Å². The SMILES string of the molecule is COCc1cc(Cl)c2c(OC)c(Br)cc(Br)c2n1. The number of rotatable bonds is 3. The zero-order chi connectivity index (χ0) is 13.3. The number of aromatic nitrogens is 1. The molecule has 1 aromatic carbocycles. The van der Waals surface area contributed by atoms with Gasteiger partial charge in [-0.05, 0) is 44.0 Å². The van der Waals surface area contributed by atoms with Crippen LogP contribution in [-0.4, -0.2) is 19.2 Å². The maximum Gasteiger partial charge on any atom is 0.144 e. The van der Waals surface area contributed by atoms with Gasteiger partial charge in [0.2, 0.25) is 0 Å². The molecule has 0 aliphatic rings. The Morgan fingerprint density at radius 3 is 2.56 bits per heavy atom. The van der Waals surface area contributed by atoms with Gasteiger partial charge < -0.3 is 9.47 Å². The average molecular weight is 395 g/mol. The molecule has 2 aromatic rings. The van der Waals surface area contributed by atoms with Gasteiger partial charge in [0.1, 0.15) is 5.75 Å². The van der Waals surface area contributed by atoms with Crippen molar-refractivity contribution in [3.8, 4) is 5.75 Å². The quantitative estimate of drug-likeness (QED) is 0.763. The molecule has 0 aliphatic heterocycles. The fraction of sp³-hybridized carbons (Fsp3) is 0.250. The van der Waals surface area contributed by atoms with E-state index in [-0.39, 0.29) is 0 Å². The predicted octanol–water partition coefficient (Wildman–Crippen LogP) is 4.57. The molecule has 1 aromatic heterocycles. The topological polar surface area (TPSA) is 31.4 Å². The van der Waals surface area contributed by atoms with Crippen LogP contribution in [0.15, 0.2) is 21.1 Å². The van der Waals surface area contributed by atoms with Gasteiger partial charge in [0.25, 0.3) is 0 Å². The molecular formula is C12H10Br2ClNO2. The monoisotopic (exact) mass is 393 g/mol. The van der Waals surface area contributed by atoms with Crippen LogP contribution in [0.2, 0.25) is 5.02 Å². The van der Waals surface area contributed by atoms with Crippen LogP contribution in [0.5, 0.6) is 5.75 Å². The highest BCUT2D eigenvalue weighted by Crippen LogP contribution is 2.41. The Bertz CT molecular complexity index is 604. The van der Waals surface area contributed by atoms with E-state index in [0.29, 0.717) is 17.4 Å². The Kier molecular flexibility index (Phi) is 4.48. The summed E-state index contributed by atoms with van der Waals surface area (Å²) in [6, 6.07) is 3.68. The molecule has 1 heterocycles. The number of ether oxygens (including phenoxy) is 2. The van der Waals surface area contributed by atoms with Gasteiger partial charge >= 0.3 is 0 Å². The molecule has 0 bridgehead atoms. The third-order valence-electron chi connectivity index (χ3n) is 2.44. The smallest absolute Gasteiger partial charge is 0.144 e. The lowest BCUT2D eigenvalue weighted by Gasteiger charge is -2.12. The van der Waals surface area contributed by atoms with E-state index >= 15 is 0 Å². The minimum atomic E-state index is 0.417. The Balaban J connectivity index is 2.81. The summed E-state index contributed by atoms with van der Waals surface area (Å²) < 4.78 is 12.1. The molecule has 0 unspecified atom stereocenters. The summed E-state index contributed by atoms with van der Waals surface area (Å²) in [6.45, 7) is 0.417. The van der Waals surface area contributed by atoms with Crippen molar-refractivity contribution in [1.29, 1.82) is 0 Å². The first-order chi connectivity index (χ1) is 8.58. The highest BCUT2D eigenvalue weighted by molar-refractivity contribution is 9.11. The molecule has 0 amide bonds. The van der Waals surface area contributed by atoms with Crippen LogP contribution in [-0.2, 0) is 11.3 Å². The van der Waals surface area contributed by atoms with Crippen molar-refractivity contribution in [2.75, 3.05) is 14.2 Å². The summed E-state index contributed by atoms with van der Waals surface area (Å²) in [5.74, 6) is 0.676. The molecular weight excluding hydrogens is 385 g/mol. The standard InChI is InChI=1S/C12H10Br2ClNO2/c1-17-5-6-3-9(15)10-11(16-6)7(13)4-8(14)12(10)18-2/h3-4H,5H2,1-2H3. The number of methoxy groups -OCH3 is 2. The van der Waals surface area contributed by atoms with Gasteiger partial charge in [-0.1, -0.05) is 11.6 Å². The number of hydrogen-bond acceptors (Lipinski definition) is 3. The first kappa shape index (κ1) is 14.1. The van der Waals surface area contributed by atoms with E-state index in [4.69, 9.17) is 21.1 Å². The number of pyridine rings is 1. The van der Waals surface area contributed by atoms with E-state index in [0.717, 1.165) is 25.5 Å². The van der Waals surface area contributed by atoms with E-state index in [1.54, 1.807) is 20.3 Å². The van der Waals surface area contributed by atoms with Crippen molar-refractivity contribution in [2.24, 2.45) is 0 Å². The van der Waals surface area contributed by atoms with Crippen molar-refractivity contribution < 1.29 is 9.47 Å². The first-order valence-corrected chi connectivity index (χ1v) is 7.05. The Morgan fingerprint density at radius 1 is 1.22 bits per heavy atom.